The maximum absolute atomic E-state index is 13.1. The average Bonchev–Trinajstić information content (AvgIpc) is 2.92. The normalized spacial score (nSPS) is 17.3. The molecule has 1 aliphatic rings. The number of aryl methyl sites for hydroxylation is 2. The molecule has 0 aliphatic carbocycles. The summed E-state index contributed by atoms with van der Waals surface area (Å²) >= 11 is 0. The standard InChI is InChI=1S/C17H23F3N2O/c1-2-13-7-9-14(10-8-13)5-3-4-6-15(17(18,19)20)22-12-11-16(23)21-22/h7-10,15H,2-6,11-12H2,1H3,(H,21,23)/t15-/m0/s1. The Hall–Kier alpha value is -1.56. The third-order valence-corrected chi connectivity index (χ3v) is 4.23. The van der Waals surface area contributed by atoms with Gasteiger partial charge in [0.05, 0.1) is 0 Å². The van der Waals surface area contributed by atoms with Gasteiger partial charge in [0, 0.05) is 13.0 Å². The van der Waals surface area contributed by atoms with Gasteiger partial charge in [-0.05, 0) is 36.8 Å². The summed E-state index contributed by atoms with van der Waals surface area (Å²) in [6.07, 6.45) is -1.23. The van der Waals surface area contributed by atoms with E-state index in [0.717, 1.165) is 23.4 Å². The van der Waals surface area contributed by atoms with E-state index >= 15 is 0 Å². The Balaban J connectivity index is 1.80. The van der Waals surface area contributed by atoms with Gasteiger partial charge in [0.25, 0.3) is 0 Å². The Bertz CT molecular complexity index is 514. The number of amides is 1. The first-order chi connectivity index (χ1) is 10.9. The minimum Gasteiger partial charge on any atom is -0.288 e. The summed E-state index contributed by atoms with van der Waals surface area (Å²) in [7, 11) is 0. The van der Waals surface area contributed by atoms with Crippen LogP contribution in [0.25, 0.3) is 0 Å². The molecule has 1 heterocycles. The molecule has 3 nitrogen and oxygen atoms in total. The first-order valence-electron chi connectivity index (χ1n) is 8.11. The molecule has 1 aromatic carbocycles. The number of halogens is 3. The molecule has 1 atom stereocenters. The van der Waals surface area contributed by atoms with Gasteiger partial charge < -0.3 is 0 Å². The van der Waals surface area contributed by atoms with Gasteiger partial charge in [-0.2, -0.15) is 13.2 Å². The van der Waals surface area contributed by atoms with Gasteiger partial charge in [-0.15, -0.1) is 0 Å². The molecule has 0 bridgehead atoms. The minimum absolute atomic E-state index is 0.0107. The number of carbonyl (C=O) groups is 1. The fourth-order valence-corrected chi connectivity index (χ4v) is 2.83. The second kappa shape index (κ2) is 7.81. The fraction of sp³-hybridized carbons (Fsp3) is 0.588. The van der Waals surface area contributed by atoms with Gasteiger partial charge in [-0.3, -0.25) is 10.2 Å². The van der Waals surface area contributed by atoms with Crippen LogP contribution in [0, 0.1) is 0 Å². The number of benzene rings is 1. The van der Waals surface area contributed by atoms with Crippen LogP contribution < -0.4 is 5.43 Å². The molecule has 128 valence electrons. The summed E-state index contributed by atoms with van der Waals surface area (Å²) in [5, 5.41) is 1.04. The Labute approximate surface area is 134 Å². The van der Waals surface area contributed by atoms with Crippen molar-refractivity contribution < 1.29 is 18.0 Å². The number of hydrazine groups is 1. The van der Waals surface area contributed by atoms with Gasteiger partial charge in [-0.25, -0.2) is 5.01 Å². The van der Waals surface area contributed by atoms with Crippen LogP contribution in [0.1, 0.15) is 43.7 Å². The summed E-state index contributed by atoms with van der Waals surface area (Å²) in [5.41, 5.74) is 4.72. The second-order valence-corrected chi connectivity index (χ2v) is 5.95. The van der Waals surface area contributed by atoms with E-state index in [2.05, 4.69) is 24.5 Å². The summed E-state index contributed by atoms with van der Waals surface area (Å²) in [6.45, 7) is 2.21. The molecule has 2 rings (SSSR count). The number of rotatable bonds is 7. The van der Waals surface area contributed by atoms with Crippen LogP contribution in [0.15, 0.2) is 24.3 Å². The van der Waals surface area contributed by atoms with Gasteiger partial charge >= 0.3 is 6.18 Å². The van der Waals surface area contributed by atoms with Crippen molar-refractivity contribution in [1.82, 2.24) is 10.4 Å². The van der Waals surface area contributed by atoms with E-state index in [1.54, 1.807) is 0 Å². The van der Waals surface area contributed by atoms with Crippen molar-refractivity contribution >= 4 is 5.91 Å². The van der Waals surface area contributed by atoms with Crippen LogP contribution in [0.5, 0.6) is 0 Å². The average molecular weight is 328 g/mol. The highest BCUT2D eigenvalue weighted by atomic mass is 19.4. The number of alkyl halides is 3. The second-order valence-electron chi connectivity index (χ2n) is 5.95. The van der Waals surface area contributed by atoms with Crippen molar-refractivity contribution in [2.75, 3.05) is 6.54 Å². The van der Waals surface area contributed by atoms with Crippen molar-refractivity contribution in [3.63, 3.8) is 0 Å². The number of nitrogens with one attached hydrogen (secondary N) is 1. The lowest BCUT2D eigenvalue weighted by Gasteiger charge is -2.28. The quantitative estimate of drug-likeness (QED) is 0.775. The molecule has 1 aliphatic heterocycles. The summed E-state index contributed by atoms with van der Waals surface area (Å²) < 4.78 is 39.4. The molecular formula is C17H23F3N2O. The number of carbonyl (C=O) groups excluding carboxylic acids is 1. The van der Waals surface area contributed by atoms with E-state index in [9.17, 15) is 18.0 Å². The van der Waals surface area contributed by atoms with Crippen molar-refractivity contribution in [2.45, 2.75) is 57.7 Å². The predicted molar refractivity (Wildman–Crippen MR) is 82.7 cm³/mol. The molecular weight excluding hydrogens is 305 g/mol. The molecule has 1 fully saturated rings. The smallest absolute Gasteiger partial charge is 0.288 e. The van der Waals surface area contributed by atoms with Crippen LogP contribution in [-0.4, -0.2) is 29.7 Å². The van der Waals surface area contributed by atoms with E-state index < -0.39 is 12.2 Å². The number of unbranched alkanes of at least 4 members (excludes halogenated alkanes) is 1. The predicted octanol–water partition coefficient (Wildman–Crippen LogP) is 3.63. The highest BCUT2D eigenvalue weighted by Gasteiger charge is 2.45. The van der Waals surface area contributed by atoms with E-state index in [4.69, 9.17) is 0 Å². The van der Waals surface area contributed by atoms with Crippen LogP contribution >= 0.6 is 0 Å². The van der Waals surface area contributed by atoms with Gasteiger partial charge in [0.15, 0.2) is 0 Å². The molecule has 0 aromatic heterocycles. The van der Waals surface area contributed by atoms with Crippen LogP contribution in [-0.2, 0) is 17.6 Å². The molecule has 1 aromatic rings. The highest BCUT2D eigenvalue weighted by molar-refractivity contribution is 5.77. The lowest BCUT2D eigenvalue weighted by Crippen LogP contribution is -2.49. The molecule has 0 radical (unpaired) electrons. The van der Waals surface area contributed by atoms with Gasteiger partial charge in [0.1, 0.15) is 6.04 Å². The zero-order chi connectivity index (χ0) is 16.9. The summed E-state index contributed by atoms with van der Waals surface area (Å²) in [4.78, 5) is 11.1. The SMILES string of the molecule is CCc1ccc(CCCC[C@H](N2CCC(=O)N2)C(F)(F)F)cc1. The zero-order valence-electron chi connectivity index (χ0n) is 13.3. The molecule has 6 heteroatoms. The Morgan fingerprint density at radius 2 is 1.83 bits per heavy atom. The number of hydrogen-bond acceptors (Lipinski definition) is 2. The van der Waals surface area contributed by atoms with Crippen LogP contribution in [0.4, 0.5) is 13.2 Å². The van der Waals surface area contributed by atoms with E-state index in [1.165, 1.54) is 5.56 Å². The van der Waals surface area contributed by atoms with Crippen LogP contribution in [0.2, 0.25) is 0 Å². The summed E-state index contributed by atoms with van der Waals surface area (Å²) in [6, 6.07) is 6.62. The molecule has 0 spiro atoms. The topological polar surface area (TPSA) is 32.3 Å². The first-order valence-corrected chi connectivity index (χ1v) is 8.11. The van der Waals surface area contributed by atoms with Crippen LogP contribution in [0.3, 0.4) is 0 Å². The Kier molecular flexibility index (Phi) is 6.04. The van der Waals surface area contributed by atoms with Crippen molar-refractivity contribution in [2.24, 2.45) is 0 Å². The lowest BCUT2D eigenvalue weighted by molar-refractivity contribution is -0.190. The molecule has 1 amide bonds. The molecule has 23 heavy (non-hydrogen) atoms. The molecule has 1 saturated heterocycles. The van der Waals surface area contributed by atoms with Crippen molar-refractivity contribution in [1.29, 1.82) is 0 Å². The van der Waals surface area contributed by atoms with Crippen molar-refractivity contribution in [3.8, 4) is 0 Å². The summed E-state index contributed by atoms with van der Waals surface area (Å²) in [5.74, 6) is -0.338. The van der Waals surface area contributed by atoms with Crippen molar-refractivity contribution in [3.05, 3.63) is 35.4 Å². The number of nitrogens with zero attached hydrogens (tertiary/aromatic N) is 1. The fourth-order valence-electron chi connectivity index (χ4n) is 2.83. The zero-order valence-corrected chi connectivity index (χ0v) is 13.3. The van der Waals surface area contributed by atoms with E-state index in [0.29, 0.717) is 12.8 Å². The van der Waals surface area contributed by atoms with Gasteiger partial charge in [-0.1, -0.05) is 37.6 Å². The molecule has 0 saturated carbocycles. The maximum atomic E-state index is 13.1. The Morgan fingerprint density at radius 3 is 2.35 bits per heavy atom. The van der Waals surface area contributed by atoms with Gasteiger partial charge in [0.2, 0.25) is 5.91 Å². The highest BCUT2D eigenvalue weighted by Crippen LogP contribution is 2.29. The third-order valence-electron chi connectivity index (χ3n) is 4.23. The molecule has 1 N–H and O–H groups in total. The number of hydrogen-bond donors (Lipinski definition) is 1. The van der Waals surface area contributed by atoms with E-state index in [-0.39, 0.29) is 25.3 Å². The first kappa shape index (κ1) is 17.8. The third kappa shape index (κ3) is 5.23. The largest absolute Gasteiger partial charge is 0.405 e. The maximum Gasteiger partial charge on any atom is 0.405 e. The monoisotopic (exact) mass is 328 g/mol. The van der Waals surface area contributed by atoms with E-state index in [1.807, 2.05) is 12.1 Å². The molecule has 0 unspecified atom stereocenters. The minimum atomic E-state index is -4.32. The lowest BCUT2D eigenvalue weighted by atomic mass is 10.0. The Morgan fingerprint density at radius 1 is 1.17 bits per heavy atom.